The molecule has 2 atom stereocenters. The van der Waals surface area contributed by atoms with E-state index in [1.54, 1.807) is 0 Å². The smallest absolute Gasteiger partial charge is 0.234 e. The number of rotatable bonds is 10. The molecule has 4 nitrogen and oxygen atoms in total. The van der Waals surface area contributed by atoms with Crippen LogP contribution in [-0.4, -0.2) is 31.7 Å². The number of amides is 1. The SMILES string of the molecule is CCCC(C)COCCC(NCC)C(N)=O. The van der Waals surface area contributed by atoms with Crippen LogP contribution in [0.5, 0.6) is 0 Å². The Morgan fingerprint density at radius 3 is 2.56 bits per heavy atom. The van der Waals surface area contributed by atoms with Crippen LogP contribution in [0.1, 0.15) is 40.0 Å². The summed E-state index contributed by atoms with van der Waals surface area (Å²) >= 11 is 0. The van der Waals surface area contributed by atoms with Gasteiger partial charge in [-0.2, -0.15) is 0 Å². The first-order valence-corrected chi connectivity index (χ1v) is 6.22. The third-order valence-corrected chi connectivity index (χ3v) is 2.53. The predicted molar refractivity (Wildman–Crippen MR) is 66.2 cm³/mol. The second-order valence-corrected chi connectivity index (χ2v) is 4.27. The highest BCUT2D eigenvalue weighted by atomic mass is 16.5. The molecule has 0 aromatic rings. The molecule has 1 amide bonds. The van der Waals surface area contributed by atoms with E-state index in [-0.39, 0.29) is 11.9 Å². The molecule has 0 rings (SSSR count). The number of ether oxygens (including phenoxy) is 1. The number of carbonyl (C=O) groups excluding carboxylic acids is 1. The van der Waals surface area contributed by atoms with Crippen molar-refractivity contribution in [2.24, 2.45) is 11.7 Å². The van der Waals surface area contributed by atoms with Gasteiger partial charge in [-0.05, 0) is 25.3 Å². The van der Waals surface area contributed by atoms with E-state index in [1.807, 2.05) is 6.92 Å². The zero-order chi connectivity index (χ0) is 12.4. The Morgan fingerprint density at radius 1 is 1.38 bits per heavy atom. The van der Waals surface area contributed by atoms with E-state index in [0.717, 1.165) is 13.2 Å². The molecule has 2 unspecified atom stereocenters. The topological polar surface area (TPSA) is 64.3 Å². The average Bonchev–Trinajstić information content (AvgIpc) is 2.22. The molecule has 0 spiro atoms. The highest BCUT2D eigenvalue weighted by Gasteiger charge is 2.13. The molecule has 0 bridgehead atoms. The number of hydrogen-bond donors (Lipinski definition) is 2. The van der Waals surface area contributed by atoms with Gasteiger partial charge in [-0.3, -0.25) is 4.79 Å². The second kappa shape index (κ2) is 9.60. The van der Waals surface area contributed by atoms with Gasteiger partial charge in [0.2, 0.25) is 5.91 Å². The lowest BCUT2D eigenvalue weighted by atomic mass is 10.1. The fraction of sp³-hybridized carbons (Fsp3) is 0.917. The zero-order valence-corrected chi connectivity index (χ0v) is 10.8. The van der Waals surface area contributed by atoms with Crippen molar-refractivity contribution in [2.45, 2.75) is 46.1 Å². The average molecular weight is 230 g/mol. The summed E-state index contributed by atoms with van der Waals surface area (Å²) in [6, 6.07) is -0.258. The fourth-order valence-electron chi connectivity index (χ4n) is 1.65. The number of primary amides is 1. The van der Waals surface area contributed by atoms with Gasteiger partial charge in [-0.25, -0.2) is 0 Å². The van der Waals surface area contributed by atoms with Crippen molar-refractivity contribution in [3.8, 4) is 0 Å². The maximum Gasteiger partial charge on any atom is 0.234 e. The molecule has 16 heavy (non-hydrogen) atoms. The molecule has 0 fully saturated rings. The van der Waals surface area contributed by atoms with Crippen LogP contribution in [-0.2, 0) is 9.53 Å². The third-order valence-electron chi connectivity index (χ3n) is 2.53. The minimum Gasteiger partial charge on any atom is -0.381 e. The van der Waals surface area contributed by atoms with E-state index >= 15 is 0 Å². The van der Waals surface area contributed by atoms with Crippen LogP contribution >= 0.6 is 0 Å². The number of hydrogen-bond acceptors (Lipinski definition) is 3. The Bertz CT molecular complexity index is 186. The summed E-state index contributed by atoms with van der Waals surface area (Å²) in [5, 5.41) is 3.04. The van der Waals surface area contributed by atoms with Crippen LogP contribution in [0.3, 0.4) is 0 Å². The Balaban J connectivity index is 3.58. The standard InChI is InChI=1S/C12H26N2O2/c1-4-6-10(3)9-16-8-7-11(12(13)15)14-5-2/h10-11,14H,4-9H2,1-3H3,(H2,13,15). The number of carbonyl (C=O) groups is 1. The summed E-state index contributed by atoms with van der Waals surface area (Å²) in [7, 11) is 0. The fourth-order valence-corrected chi connectivity index (χ4v) is 1.65. The lowest BCUT2D eigenvalue weighted by Crippen LogP contribution is -2.41. The Labute approximate surface area is 98.9 Å². The third kappa shape index (κ3) is 7.65. The first-order chi connectivity index (χ1) is 7.61. The highest BCUT2D eigenvalue weighted by molar-refractivity contribution is 5.79. The Hall–Kier alpha value is -0.610. The molecule has 0 saturated carbocycles. The number of nitrogens with two attached hydrogens (primary N) is 1. The van der Waals surface area contributed by atoms with Crippen molar-refractivity contribution >= 4 is 5.91 Å². The maximum atomic E-state index is 11.0. The van der Waals surface area contributed by atoms with Crippen molar-refractivity contribution < 1.29 is 9.53 Å². The molecule has 0 saturated heterocycles. The molecule has 0 aliphatic rings. The zero-order valence-electron chi connectivity index (χ0n) is 10.8. The summed E-state index contributed by atoms with van der Waals surface area (Å²) in [6.07, 6.45) is 3.03. The molecule has 3 N–H and O–H groups in total. The van der Waals surface area contributed by atoms with Gasteiger partial charge in [-0.1, -0.05) is 27.2 Å². The molecule has 0 heterocycles. The first kappa shape index (κ1) is 15.4. The van der Waals surface area contributed by atoms with Crippen molar-refractivity contribution in [1.29, 1.82) is 0 Å². The van der Waals surface area contributed by atoms with E-state index < -0.39 is 0 Å². The van der Waals surface area contributed by atoms with Gasteiger partial charge in [-0.15, -0.1) is 0 Å². The van der Waals surface area contributed by atoms with Gasteiger partial charge in [0.05, 0.1) is 6.04 Å². The van der Waals surface area contributed by atoms with Gasteiger partial charge in [0.25, 0.3) is 0 Å². The monoisotopic (exact) mass is 230 g/mol. The largest absolute Gasteiger partial charge is 0.381 e. The van der Waals surface area contributed by atoms with Crippen LogP contribution in [0.15, 0.2) is 0 Å². The first-order valence-electron chi connectivity index (χ1n) is 6.22. The lowest BCUT2D eigenvalue weighted by molar-refractivity contribution is -0.120. The van der Waals surface area contributed by atoms with Crippen molar-refractivity contribution in [3.05, 3.63) is 0 Å². The summed E-state index contributed by atoms with van der Waals surface area (Å²) in [4.78, 5) is 11.0. The minimum absolute atomic E-state index is 0.258. The molecular formula is C12H26N2O2. The molecule has 4 heteroatoms. The summed E-state index contributed by atoms with van der Waals surface area (Å²) in [5.74, 6) is 0.295. The van der Waals surface area contributed by atoms with Gasteiger partial charge >= 0.3 is 0 Å². The van der Waals surface area contributed by atoms with E-state index in [0.29, 0.717) is 18.9 Å². The van der Waals surface area contributed by atoms with Crippen molar-refractivity contribution in [2.75, 3.05) is 19.8 Å². The summed E-state index contributed by atoms with van der Waals surface area (Å²) in [6.45, 7) is 8.42. The quantitative estimate of drug-likeness (QED) is 0.556. The van der Waals surface area contributed by atoms with Crippen LogP contribution in [0, 0.1) is 5.92 Å². The van der Waals surface area contributed by atoms with Gasteiger partial charge in [0.1, 0.15) is 0 Å². The lowest BCUT2D eigenvalue weighted by Gasteiger charge is -2.15. The van der Waals surface area contributed by atoms with Crippen LogP contribution < -0.4 is 11.1 Å². The predicted octanol–water partition coefficient (Wildman–Crippen LogP) is 1.29. The Morgan fingerprint density at radius 2 is 2.06 bits per heavy atom. The normalized spacial score (nSPS) is 14.7. The number of nitrogens with one attached hydrogen (secondary N) is 1. The maximum absolute atomic E-state index is 11.0. The van der Waals surface area contributed by atoms with E-state index in [4.69, 9.17) is 10.5 Å². The van der Waals surface area contributed by atoms with Crippen molar-refractivity contribution in [1.82, 2.24) is 5.32 Å². The minimum atomic E-state index is -0.299. The van der Waals surface area contributed by atoms with Crippen LogP contribution in [0.25, 0.3) is 0 Å². The van der Waals surface area contributed by atoms with E-state index in [1.165, 1.54) is 12.8 Å². The van der Waals surface area contributed by atoms with Crippen LogP contribution in [0.2, 0.25) is 0 Å². The Kier molecular flexibility index (Phi) is 9.24. The molecule has 0 aliphatic carbocycles. The van der Waals surface area contributed by atoms with Gasteiger partial charge < -0.3 is 15.8 Å². The molecule has 96 valence electrons. The number of likely N-dealkylation sites (N-methyl/N-ethyl adjacent to an activating group) is 1. The van der Waals surface area contributed by atoms with Gasteiger partial charge in [0.15, 0.2) is 0 Å². The molecule has 0 aromatic heterocycles. The van der Waals surface area contributed by atoms with Crippen LogP contribution in [0.4, 0.5) is 0 Å². The molecule has 0 aromatic carbocycles. The molecule has 0 radical (unpaired) electrons. The highest BCUT2D eigenvalue weighted by Crippen LogP contribution is 2.05. The van der Waals surface area contributed by atoms with Crippen molar-refractivity contribution in [3.63, 3.8) is 0 Å². The second-order valence-electron chi connectivity index (χ2n) is 4.27. The summed E-state index contributed by atoms with van der Waals surface area (Å²) < 4.78 is 5.53. The summed E-state index contributed by atoms with van der Waals surface area (Å²) in [5.41, 5.74) is 5.26. The van der Waals surface area contributed by atoms with E-state index in [2.05, 4.69) is 19.2 Å². The van der Waals surface area contributed by atoms with E-state index in [9.17, 15) is 4.79 Å². The van der Waals surface area contributed by atoms with Gasteiger partial charge in [0, 0.05) is 13.2 Å². The molecule has 0 aliphatic heterocycles. The molecular weight excluding hydrogens is 204 g/mol.